The van der Waals surface area contributed by atoms with E-state index in [1.54, 1.807) is 4.68 Å². The second-order valence-corrected chi connectivity index (χ2v) is 3.02. The first-order valence-electron chi connectivity index (χ1n) is 3.78. The third-order valence-corrected chi connectivity index (χ3v) is 2.01. The Labute approximate surface area is 81.1 Å². The summed E-state index contributed by atoms with van der Waals surface area (Å²) in [6.07, 6.45) is 0. The van der Waals surface area contributed by atoms with Gasteiger partial charge in [0.25, 0.3) is 0 Å². The molecule has 0 unspecified atom stereocenters. The van der Waals surface area contributed by atoms with Crippen LogP contribution in [0.1, 0.15) is 0 Å². The summed E-state index contributed by atoms with van der Waals surface area (Å²) in [6.45, 7) is 0.557. The number of hydrogen-bond donors (Lipinski definition) is 1. The predicted molar refractivity (Wildman–Crippen MR) is 54.0 cm³/mol. The zero-order valence-corrected chi connectivity index (χ0v) is 7.66. The van der Waals surface area contributed by atoms with Gasteiger partial charge in [-0.2, -0.15) is 11.8 Å². The average molecular weight is 190 g/mol. The van der Waals surface area contributed by atoms with Gasteiger partial charge < -0.3 is 0 Å². The average Bonchev–Trinajstić information content (AvgIpc) is 2.58. The van der Waals surface area contributed by atoms with Crippen LogP contribution in [0.25, 0.3) is 11.0 Å². The van der Waals surface area contributed by atoms with E-state index in [1.165, 1.54) is 0 Å². The molecule has 4 nitrogen and oxygen atoms in total. The monoisotopic (exact) mass is 190 g/mol. The molecule has 0 aliphatic carbocycles. The van der Waals surface area contributed by atoms with E-state index < -0.39 is 0 Å². The highest BCUT2D eigenvalue weighted by Crippen LogP contribution is 2.08. The first-order chi connectivity index (χ1) is 6.42. The summed E-state index contributed by atoms with van der Waals surface area (Å²) >= 11 is 1.07. The number of benzene rings is 1. The minimum atomic E-state index is 0.557. The minimum absolute atomic E-state index is 0.557. The summed E-state index contributed by atoms with van der Waals surface area (Å²) in [5, 5.41) is 7.96. The standard InChI is InChI=1S/C7H7BN4S/c8-13-9-5-12-7-4-2-1-3-6(7)10-11-12/h1-4,9H,5H2. The van der Waals surface area contributed by atoms with E-state index in [2.05, 4.69) is 15.0 Å². The van der Waals surface area contributed by atoms with Crippen molar-refractivity contribution >= 4 is 30.0 Å². The molecule has 0 spiro atoms. The van der Waals surface area contributed by atoms with Crippen molar-refractivity contribution in [1.82, 2.24) is 19.7 Å². The molecule has 0 bridgehead atoms. The van der Waals surface area contributed by atoms with Crippen molar-refractivity contribution in [2.75, 3.05) is 0 Å². The fourth-order valence-electron chi connectivity index (χ4n) is 1.13. The first kappa shape index (κ1) is 8.59. The van der Waals surface area contributed by atoms with Gasteiger partial charge in [0.2, 0.25) is 0 Å². The minimum Gasteiger partial charge on any atom is -0.254 e. The van der Waals surface area contributed by atoms with Crippen LogP contribution < -0.4 is 4.72 Å². The molecule has 1 aromatic heterocycles. The number of para-hydroxylation sites is 1. The summed E-state index contributed by atoms with van der Waals surface area (Å²) < 4.78 is 4.66. The maximum absolute atomic E-state index is 5.23. The Kier molecular flexibility index (Phi) is 2.51. The van der Waals surface area contributed by atoms with Crippen molar-refractivity contribution < 1.29 is 0 Å². The zero-order chi connectivity index (χ0) is 9.10. The summed E-state index contributed by atoms with van der Waals surface area (Å²) in [5.41, 5.74) is 1.90. The Bertz CT molecular complexity index is 402. The van der Waals surface area contributed by atoms with E-state index in [-0.39, 0.29) is 0 Å². The van der Waals surface area contributed by atoms with Crippen LogP contribution in [0.15, 0.2) is 24.3 Å². The molecular formula is C7H7BN4S. The molecule has 64 valence electrons. The van der Waals surface area contributed by atoms with Crippen LogP contribution >= 0.6 is 11.8 Å². The lowest BCUT2D eigenvalue weighted by Gasteiger charge is -2.00. The van der Waals surface area contributed by atoms with Crippen molar-refractivity contribution in [2.45, 2.75) is 6.67 Å². The van der Waals surface area contributed by atoms with Gasteiger partial charge in [0, 0.05) is 0 Å². The number of hydrogen-bond acceptors (Lipinski definition) is 4. The van der Waals surface area contributed by atoms with Crippen LogP contribution in [-0.4, -0.2) is 22.1 Å². The summed E-state index contributed by atoms with van der Waals surface area (Å²) in [6, 6.07) is 7.79. The maximum Gasteiger partial charge on any atom is 0.184 e. The molecule has 0 aliphatic heterocycles. The van der Waals surface area contributed by atoms with E-state index in [0.29, 0.717) is 6.67 Å². The van der Waals surface area contributed by atoms with Gasteiger partial charge in [0.1, 0.15) is 12.2 Å². The topological polar surface area (TPSA) is 42.7 Å². The molecule has 0 amide bonds. The summed E-state index contributed by atoms with van der Waals surface area (Å²) in [4.78, 5) is 0. The fourth-order valence-corrected chi connectivity index (χ4v) is 1.33. The van der Waals surface area contributed by atoms with Crippen molar-refractivity contribution in [1.29, 1.82) is 0 Å². The quantitative estimate of drug-likeness (QED) is 0.571. The van der Waals surface area contributed by atoms with Gasteiger partial charge in [-0.3, -0.25) is 4.72 Å². The van der Waals surface area contributed by atoms with Crippen LogP contribution in [0.5, 0.6) is 0 Å². The smallest absolute Gasteiger partial charge is 0.184 e. The Morgan fingerprint density at radius 3 is 3.15 bits per heavy atom. The lowest BCUT2D eigenvalue weighted by molar-refractivity contribution is 0.602. The fraction of sp³-hybridized carbons (Fsp3) is 0.143. The van der Waals surface area contributed by atoms with Gasteiger partial charge in [-0.25, -0.2) is 4.68 Å². The number of fused-ring (bicyclic) bond motifs is 1. The lowest BCUT2D eigenvalue weighted by atomic mass is 10.3. The van der Waals surface area contributed by atoms with Gasteiger partial charge in [0.05, 0.1) is 5.52 Å². The van der Waals surface area contributed by atoms with Crippen molar-refractivity contribution in [3.63, 3.8) is 0 Å². The second kappa shape index (κ2) is 3.80. The van der Waals surface area contributed by atoms with Gasteiger partial charge in [-0.15, -0.1) is 5.10 Å². The van der Waals surface area contributed by atoms with Crippen molar-refractivity contribution in [2.24, 2.45) is 0 Å². The molecule has 2 radical (unpaired) electrons. The largest absolute Gasteiger partial charge is 0.254 e. The third-order valence-electron chi connectivity index (χ3n) is 1.72. The molecular weight excluding hydrogens is 183 g/mol. The lowest BCUT2D eigenvalue weighted by Crippen LogP contribution is -2.12. The highest BCUT2D eigenvalue weighted by molar-refractivity contribution is 8.18. The normalized spacial score (nSPS) is 10.8. The molecule has 0 saturated carbocycles. The number of aromatic nitrogens is 3. The summed E-state index contributed by atoms with van der Waals surface area (Å²) in [5.74, 6) is 0. The Hall–Kier alpha value is -1.01. The van der Waals surface area contributed by atoms with Gasteiger partial charge >= 0.3 is 0 Å². The van der Waals surface area contributed by atoms with Crippen LogP contribution in [0.3, 0.4) is 0 Å². The highest BCUT2D eigenvalue weighted by Gasteiger charge is 2.00. The second-order valence-electron chi connectivity index (χ2n) is 2.50. The van der Waals surface area contributed by atoms with Gasteiger partial charge in [-0.05, 0) is 12.1 Å². The molecule has 0 aliphatic rings. The van der Waals surface area contributed by atoms with Crippen molar-refractivity contribution in [3.8, 4) is 0 Å². The Morgan fingerprint density at radius 1 is 1.46 bits per heavy atom. The van der Waals surface area contributed by atoms with Crippen LogP contribution in [0.2, 0.25) is 0 Å². The van der Waals surface area contributed by atoms with Crippen LogP contribution in [0.4, 0.5) is 0 Å². The highest BCUT2D eigenvalue weighted by atomic mass is 32.2. The zero-order valence-electron chi connectivity index (χ0n) is 6.84. The number of rotatable bonds is 3. The molecule has 13 heavy (non-hydrogen) atoms. The molecule has 6 heteroatoms. The third kappa shape index (κ3) is 1.68. The molecule has 0 atom stereocenters. The molecule has 1 aromatic carbocycles. The molecule has 1 N–H and O–H groups in total. The first-order valence-corrected chi connectivity index (χ1v) is 4.66. The number of nitrogens with zero attached hydrogens (tertiary/aromatic N) is 3. The van der Waals surface area contributed by atoms with E-state index >= 15 is 0 Å². The Morgan fingerprint density at radius 2 is 2.31 bits per heavy atom. The molecule has 1 heterocycles. The van der Waals surface area contributed by atoms with Crippen LogP contribution in [0, 0.1) is 0 Å². The molecule has 0 fully saturated rings. The number of nitrogens with one attached hydrogen (secondary N) is 1. The van der Waals surface area contributed by atoms with Gasteiger partial charge in [0.15, 0.2) is 7.12 Å². The summed E-state index contributed by atoms with van der Waals surface area (Å²) in [7, 11) is 5.23. The Balaban J connectivity index is 2.35. The van der Waals surface area contributed by atoms with E-state index in [4.69, 9.17) is 7.12 Å². The van der Waals surface area contributed by atoms with E-state index in [9.17, 15) is 0 Å². The van der Waals surface area contributed by atoms with E-state index in [0.717, 1.165) is 22.8 Å². The predicted octanol–water partition coefficient (Wildman–Crippen LogP) is 0.710. The molecule has 2 aromatic rings. The van der Waals surface area contributed by atoms with Gasteiger partial charge in [-0.1, -0.05) is 17.3 Å². The SMILES string of the molecule is [B]SNCn1nnc2ccccc21. The maximum atomic E-state index is 5.23. The van der Waals surface area contributed by atoms with Crippen molar-refractivity contribution in [3.05, 3.63) is 24.3 Å². The molecule has 0 saturated heterocycles. The van der Waals surface area contributed by atoms with E-state index in [1.807, 2.05) is 24.3 Å². The van der Waals surface area contributed by atoms with Crippen LogP contribution in [-0.2, 0) is 6.67 Å². The molecule has 2 rings (SSSR count).